The van der Waals surface area contributed by atoms with Gasteiger partial charge < -0.3 is 5.32 Å². The average molecular weight is 272 g/mol. The van der Waals surface area contributed by atoms with E-state index in [1.165, 1.54) is 0 Å². The second-order valence-corrected chi connectivity index (χ2v) is 6.29. The summed E-state index contributed by atoms with van der Waals surface area (Å²) in [7, 11) is -3.47. The van der Waals surface area contributed by atoms with Gasteiger partial charge in [0.05, 0.1) is 6.20 Å². The number of rotatable bonds is 7. The zero-order valence-electron chi connectivity index (χ0n) is 10.7. The monoisotopic (exact) mass is 272 g/mol. The number of aromatic nitrogens is 2. The molecule has 1 fully saturated rings. The first-order valence-electron chi connectivity index (χ1n) is 6.33. The van der Waals surface area contributed by atoms with Crippen molar-refractivity contribution in [3.05, 3.63) is 11.8 Å². The third-order valence-corrected chi connectivity index (χ3v) is 4.77. The molecule has 0 bridgehead atoms. The zero-order chi connectivity index (χ0) is 13.2. The largest absolute Gasteiger partial charge is 0.313 e. The van der Waals surface area contributed by atoms with Crippen LogP contribution in [0, 0.1) is 5.92 Å². The molecule has 2 atom stereocenters. The molecule has 0 amide bonds. The van der Waals surface area contributed by atoms with E-state index >= 15 is 0 Å². The maximum atomic E-state index is 12.2. The molecular formula is C11H20N4O2S. The first kappa shape index (κ1) is 13.5. The third kappa shape index (κ3) is 2.90. The van der Waals surface area contributed by atoms with Gasteiger partial charge in [0, 0.05) is 18.2 Å². The minimum Gasteiger partial charge on any atom is -0.313 e. The van der Waals surface area contributed by atoms with Crippen LogP contribution in [0.3, 0.4) is 0 Å². The number of hydrogen-bond donors (Lipinski definition) is 3. The van der Waals surface area contributed by atoms with Gasteiger partial charge >= 0.3 is 0 Å². The van der Waals surface area contributed by atoms with Crippen LogP contribution in [0.4, 0.5) is 0 Å². The number of aromatic amines is 1. The van der Waals surface area contributed by atoms with Crippen LogP contribution in [0.1, 0.15) is 32.3 Å². The van der Waals surface area contributed by atoms with Crippen LogP contribution >= 0.6 is 0 Å². The van der Waals surface area contributed by atoms with Gasteiger partial charge in [-0.15, -0.1) is 0 Å². The van der Waals surface area contributed by atoms with E-state index in [0.717, 1.165) is 19.4 Å². The molecule has 6 nitrogen and oxygen atoms in total. The third-order valence-electron chi connectivity index (χ3n) is 3.27. The van der Waals surface area contributed by atoms with Crippen LogP contribution in [-0.4, -0.2) is 31.2 Å². The normalized spacial score (nSPS) is 23.2. The van der Waals surface area contributed by atoms with Gasteiger partial charge in [-0.05, 0) is 18.9 Å². The van der Waals surface area contributed by atoms with Gasteiger partial charge in [0.1, 0.15) is 0 Å². The summed E-state index contributed by atoms with van der Waals surface area (Å²) in [5.41, 5.74) is 0.679. The Morgan fingerprint density at radius 2 is 2.28 bits per heavy atom. The van der Waals surface area contributed by atoms with Crippen molar-refractivity contribution < 1.29 is 8.42 Å². The highest BCUT2D eigenvalue weighted by Gasteiger charge is 2.39. The van der Waals surface area contributed by atoms with Gasteiger partial charge in [-0.25, -0.2) is 13.1 Å². The Kier molecular flexibility index (Phi) is 4.04. The van der Waals surface area contributed by atoms with Crippen molar-refractivity contribution in [2.75, 3.05) is 6.54 Å². The number of H-pyrrole nitrogens is 1. The molecule has 1 aromatic heterocycles. The fourth-order valence-electron chi connectivity index (χ4n) is 2.02. The molecule has 0 spiro atoms. The molecule has 18 heavy (non-hydrogen) atoms. The fourth-order valence-corrected chi connectivity index (χ4v) is 3.47. The van der Waals surface area contributed by atoms with Crippen molar-refractivity contribution in [1.82, 2.24) is 20.2 Å². The van der Waals surface area contributed by atoms with Gasteiger partial charge in [0.25, 0.3) is 10.0 Å². The SMILES string of the molecule is CCNCc1cn[nH]c1S(=O)(=O)NC1CC1CC. The minimum absolute atomic E-state index is 0.0929. The predicted octanol–water partition coefficient (Wildman–Crippen LogP) is 0.596. The van der Waals surface area contributed by atoms with Crippen molar-refractivity contribution >= 4 is 10.0 Å². The lowest BCUT2D eigenvalue weighted by molar-refractivity contribution is 0.569. The summed E-state index contributed by atoms with van der Waals surface area (Å²) in [6, 6.07) is 0.0929. The van der Waals surface area contributed by atoms with E-state index in [4.69, 9.17) is 0 Å². The van der Waals surface area contributed by atoms with E-state index in [2.05, 4.69) is 27.2 Å². The standard InChI is InChI=1S/C11H20N4O2S/c1-3-8-5-10(8)15-18(16,17)11-9(6-12-4-2)7-13-14-11/h7-8,10,12,15H,3-6H2,1-2H3,(H,13,14). The predicted molar refractivity (Wildman–Crippen MR) is 68.5 cm³/mol. The zero-order valence-corrected chi connectivity index (χ0v) is 11.5. The van der Waals surface area contributed by atoms with Crippen LogP contribution in [0.15, 0.2) is 11.2 Å². The average Bonchev–Trinajstić information content (AvgIpc) is 2.89. The van der Waals surface area contributed by atoms with Gasteiger partial charge in [0.2, 0.25) is 0 Å². The molecule has 1 heterocycles. The van der Waals surface area contributed by atoms with E-state index in [0.29, 0.717) is 18.0 Å². The lowest BCUT2D eigenvalue weighted by Crippen LogP contribution is -2.28. The van der Waals surface area contributed by atoms with E-state index in [9.17, 15) is 8.42 Å². The van der Waals surface area contributed by atoms with Gasteiger partial charge in [-0.2, -0.15) is 5.10 Å². The summed E-state index contributed by atoms with van der Waals surface area (Å²) < 4.78 is 27.1. The topological polar surface area (TPSA) is 86.9 Å². The maximum absolute atomic E-state index is 12.2. The highest BCUT2D eigenvalue weighted by Crippen LogP contribution is 2.34. The van der Waals surface area contributed by atoms with Crippen molar-refractivity contribution in [3.63, 3.8) is 0 Å². The first-order chi connectivity index (χ1) is 8.58. The molecule has 2 unspecified atom stereocenters. The molecular weight excluding hydrogens is 252 g/mol. The fraction of sp³-hybridized carbons (Fsp3) is 0.727. The molecule has 102 valence electrons. The van der Waals surface area contributed by atoms with Crippen molar-refractivity contribution in [3.8, 4) is 0 Å². The molecule has 1 aliphatic carbocycles. The Hall–Kier alpha value is -0.920. The Balaban J connectivity index is 2.07. The number of nitrogens with zero attached hydrogens (tertiary/aromatic N) is 1. The van der Waals surface area contributed by atoms with Crippen LogP contribution in [0.25, 0.3) is 0 Å². The van der Waals surface area contributed by atoms with Gasteiger partial charge in [0.15, 0.2) is 5.03 Å². The summed E-state index contributed by atoms with van der Waals surface area (Å²) in [6.07, 6.45) is 3.51. The summed E-state index contributed by atoms with van der Waals surface area (Å²) in [4.78, 5) is 0. The quantitative estimate of drug-likeness (QED) is 0.678. The minimum atomic E-state index is -3.47. The number of hydrogen-bond acceptors (Lipinski definition) is 4. The van der Waals surface area contributed by atoms with Crippen molar-refractivity contribution in [2.45, 2.75) is 44.3 Å². The Morgan fingerprint density at radius 3 is 2.89 bits per heavy atom. The Morgan fingerprint density at radius 1 is 1.50 bits per heavy atom. The number of nitrogens with one attached hydrogen (secondary N) is 3. The van der Waals surface area contributed by atoms with Crippen molar-refractivity contribution in [1.29, 1.82) is 0 Å². The van der Waals surface area contributed by atoms with Crippen LogP contribution in [-0.2, 0) is 16.6 Å². The molecule has 1 saturated carbocycles. The smallest absolute Gasteiger partial charge is 0.258 e. The Bertz CT molecular complexity index is 497. The molecule has 0 aliphatic heterocycles. The lowest BCUT2D eigenvalue weighted by atomic mass is 10.3. The van der Waals surface area contributed by atoms with Gasteiger partial charge in [-0.1, -0.05) is 20.3 Å². The van der Waals surface area contributed by atoms with Crippen LogP contribution in [0.2, 0.25) is 0 Å². The molecule has 3 N–H and O–H groups in total. The molecule has 0 saturated heterocycles. The van der Waals surface area contributed by atoms with E-state index in [1.807, 2.05) is 6.92 Å². The van der Waals surface area contributed by atoms with Crippen LogP contribution < -0.4 is 10.0 Å². The van der Waals surface area contributed by atoms with Crippen LogP contribution in [0.5, 0.6) is 0 Å². The summed E-state index contributed by atoms with van der Waals surface area (Å²) in [5.74, 6) is 0.486. The molecule has 1 aliphatic rings. The molecule has 0 radical (unpaired) electrons. The van der Waals surface area contributed by atoms with E-state index < -0.39 is 10.0 Å². The molecule has 1 aromatic rings. The van der Waals surface area contributed by atoms with E-state index in [-0.39, 0.29) is 11.1 Å². The highest BCUT2D eigenvalue weighted by molar-refractivity contribution is 7.89. The second kappa shape index (κ2) is 5.38. The Labute approximate surface area is 108 Å². The summed E-state index contributed by atoms with van der Waals surface area (Å²) >= 11 is 0. The maximum Gasteiger partial charge on any atom is 0.258 e. The molecule has 0 aromatic carbocycles. The number of sulfonamides is 1. The summed E-state index contributed by atoms with van der Waals surface area (Å²) in [5, 5.41) is 9.69. The second-order valence-electron chi connectivity index (χ2n) is 4.64. The molecule has 2 rings (SSSR count). The summed E-state index contributed by atoms with van der Waals surface area (Å²) in [6.45, 7) is 5.35. The van der Waals surface area contributed by atoms with E-state index in [1.54, 1.807) is 6.20 Å². The first-order valence-corrected chi connectivity index (χ1v) is 7.82. The van der Waals surface area contributed by atoms with Gasteiger partial charge in [-0.3, -0.25) is 5.10 Å². The molecule has 7 heteroatoms. The van der Waals surface area contributed by atoms with Crippen molar-refractivity contribution in [2.24, 2.45) is 5.92 Å². The highest BCUT2D eigenvalue weighted by atomic mass is 32.2. The lowest BCUT2D eigenvalue weighted by Gasteiger charge is -2.06.